The summed E-state index contributed by atoms with van der Waals surface area (Å²) in [6.45, 7) is 5.02. The maximum Gasteiger partial charge on any atom is 0.253 e. The van der Waals surface area contributed by atoms with Crippen molar-refractivity contribution in [1.29, 1.82) is 0 Å². The van der Waals surface area contributed by atoms with Crippen LogP contribution in [0.2, 0.25) is 0 Å². The van der Waals surface area contributed by atoms with Gasteiger partial charge in [-0.2, -0.15) is 0 Å². The van der Waals surface area contributed by atoms with Crippen LogP contribution in [0.15, 0.2) is 42.5 Å². The van der Waals surface area contributed by atoms with E-state index in [0.717, 1.165) is 10.6 Å². The van der Waals surface area contributed by atoms with Gasteiger partial charge in [0.2, 0.25) is 15.9 Å². The second-order valence-corrected chi connectivity index (χ2v) is 10.0. The lowest BCUT2D eigenvalue weighted by molar-refractivity contribution is -0.114. The molecule has 32 heavy (non-hydrogen) atoms. The zero-order valence-corrected chi connectivity index (χ0v) is 19.9. The van der Waals surface area contributed by atoms with Crippen molar-refractivity contribution in [2.45, 2.75) is 26.3 Å². The Hall–Kier alpha value is -3.27. The van der Waals surface area contributed by atoms with Crippen LogP contribution in [0.1, 0.15) is 31.1 Å². The first kappa shape index (κ1) is 25.0. The highest BCUT2D eigenvalue weighted by Gasteiger charge is 2.25. The molecule has 0 atom stereocenters. The van der Waals surface area contributed by atoms with Crippen LogP contribution < -0.4 is 24.4 Å². The van der Waals surface area contributed by atoms with E-state index in [1.54, 1.807) is 30.3 Å². The average molecular weight is 464 g/mol. The summed E-state index contributed by atoms with van der Waals surface area (Å²) in [6, 6.07) is 11.1. The van der Waals surface area contributed by atoms with E-state index >= 15 is 0 Å². The van der Waals surface area contributed by atoms with E-state index < -0.39 is 28.0 Å². The van der Waals surface area contributed by atoms with Gasteiger partial charge in [0.15, 0.2) is 0 Å². The molecular weight excluding hydrogens is 434 g/mol. The molecular formula is C22H29N3O6S. The van der Waals surface area contributed by atoms with Crippen LogP contribution in [0.25, 0.3) is 0 Å². The van der Waals surface area contributed by atoms with Crippen LogP contribution in [-0.2, 0) is 14.8 Å². The molecule has 0 aliphatic carbocycles. The molecule has 2 aromatic carbocycles. The van der Waals surface area contributed by atoms with Crippen molar-refractivity contribution in [3.05, 3.63) is 48.0 Å². The molecule has 2 N–H and O–H groups in total. The minimum absolute atomic E-state index is 0.185. The van der Waals surface area contributed by atoms with E-state index in [9.17, 15) is 18.0 Å². The van der Waals surface area contributed by atoms with Crippen molar-refractivity contribution in [1.82, 2.24) is 5.32 Å². The number of rotatable bonds is 8. The maximum absolute atomic E-state index is 12.8. The molecule has 174 valence electrons. The van der Waals surface area contributed by atoms with Gasteiger partial charge in [-0.25, -0.2) is 8.42 Å². The van der Waals surface area contributed by atoms with Gasteiger partial charge >= 0.3 is 0 Å². The van der Waals surface area contributed by atoms with E-state index in [1.807, 2.05) is 20.8 Å². The number of benzene rings is 2. The Bertz CT molecular complexity index is 1090. The summed E-state index contributed by atoms with van der Waals surface area (Å²) in [5.41, 5.74) is 0.259. The monoisotopic (exact) mass is 463 g/mol. The van der Waals surface area contributed by atoms with Crippen molar-refractivity contribution in [2.24, 2.45) is 0 Å². The van der Waals surface area contributed by atoms with Crippen molar-refractivity contribution in [3.63, 3.8) is 0 Å². The molecule has 0 saturated carbocycles. The Kier molecular flexibility index (Phi) is 7.73. The number of carbonyl (C=O) groups is 2. The molecule has 0 spiro atoms. The van der Waals surface area contributed by atoms with Gasteiger partial charge < -0.3 is 20.1 Å². The maximum atomic E-state index is 12.8. The minimum Gasteiger partial charge on any atom is -0.497 e. The van der Waals surface area contributed by atoms with Crippen LogP contribution in [0.4, 0.5) is 11.4 Å². The molecule has 0 aromatic heterocycles. The average Bonchev–Trinajstić information content (AvgIpc) is 2.70. The highest BCUT2D eigenvalue weighted by Crippen LogP contribution is 2.33. The second kappa shape index (κ2) is 9.90. The lowest BCUT2D eigenvalue weighted by Crippen LogP contribution is -2.41. The van der Waals surface area contributed by atoms with Crippen LogP contribution in [0, 0.1) is 0 Å². The third-order valence-corrected chi connectivity index (χ3v) is 5.40. The Morgan fingerprint density at radius 1 is 1.03 bits per heavy atom. The van der Waals surface area contributed by atoms with Gasteiger partial charge in [0.1, 0.15) is 18.0 Å². The molecule has 0 heterocycles. The first-order valence-electron chi connectivity index (χ1n) is 9.77. The predicted octanol–water partition coefficient (Wildman–Crippen LogP) is 2.64. The van der Waals surface area contributed by atoms with Crippen molar-refractivity contribution in [2.75, 3.05) is 36.6 Å². The molecule has 0 radical (unpaired) electrons. The Balaban J connectivity index is 2.32. The highest BCUT2D eigenvalue weighted by atomic mass is 32.2. The van der Waals surface area contributed by atoms with Crippen LogP contribution >= 0.6 is 0 Å². The van der Waals surface area contributed by atoms with Crippen molar-refractivity contribution < 1.29 is 27.5 Å². The summed E-state index contributed by atoms with van der Waals surface area (Å²) in [4.78, 5) is 25.4. The number of amides is 2. The van der Waals surface area contributed by atoms with E-state index in [2.05, 4.69) is 10.6 Å². The topological polar surface area (TPSA) is 114 Å². The van der Waals surface area contributed by atoms with Crippen molar-refractivity contribution in [3.8, 4) is 11.5 Å². The van der Waals surface area contributed by atoms with Crippen LogP contribution in [-0.4, -0.2) is 52.8 Å². The molecule has 0 saturated heterocycles. The molecule has 0 fully saturated rings. The zero-order chi connectivity index (χ0) is 24.1. The fourth-order valence-corrected chi connectivity index (χ4v) is 3.75. The standard InChI is InChI=1S/C22H29N3O6S/c1-22(2,3)24-21(27)16-9-7-8-10-17(16)23-20(26)14-25(32(6,28)29)18-12-11-15(30-4)13-19(18)31-5/h7-13H,14H2,1-6H3,(H,23,26)(H,24,27). The van der Waals surface area contributed by atoms with Gasteiger partial charge in [-0.3, -0.25) is 13.9 Å². The molecule has 9 nitrogen and oxygen atoms in total. The van der Waals surface area contributed by atoms with Gasteiger partial charge in [-0.15, -0.1) is 0 Å². The third-order valence-electron chi connectivity index (χ3n) is 4.28. The van der Waals surface area contributed by atoms with E-state index in [-0.39, 0.29) is 28.6 Å². The van der Waals surface area contributed by atoms with Gasteiger partial charge in [0, 0.05) is 11.6 Å². The molecule has 2 amide bonds. The Morgan fingerprint density at radius 2 is 1.69 bits per heavy atom. The normalized spacial score (nSPS) is 11.4. The minimum atomic E-state index is -3.84. The quantitative estimate of drug-likeness (QED) is 0.622. The first-order chi connectivity index (χ1) is 14.9. The molecule has 10 heteroatoms. The number of sulfonamides is 1. The van der Waals surface area contributed by atoms with Crippen LogP contribution in [0.3, 0.4) is 0 Å². The predicted molar refractivity (Wildman–Crippen MR) is 124 cm³/mol. The number of hydrogen-bond acceptors (Lipinski definition) is 6. The SMILES string of the molecule is COc1ccc(N(CC(=O)Nc2ccccc2C(=O)NC(C)(C)C)S(C)(=O)=O)c(OC)c1. The highest BCUT2D eigenvalue weighted by molar-refractivity contribution is 7.92. The number of carbonyl (C=O) groups excluding carboxylic acids is 2. The zero-order valence-electron chi connectivity index (χ0n) is 19.1. The molecule has 0 bridgehead atoms. The summed E-state index contributed by atoms with van der Waals surface area (Å²) in [5.74, 6) is -0.274. The van der Waals surface area contributed by atoms with Crippen molar-refractivity contribution >= 4 is 33.2 Å². The molecule has 0 aliphatic heterocycles. The molecule has 2 rings (SSSR count). The number of anilines is 2. The lowest BCUT2D eigenvalue weighted by atomic mass is 10.1. The molecule has 0 aliphatic rings. The van der Waals surface area contributed by atoms with Crippen LogP contribution in [0.5, 0.6) is 11.5 Å². The largest absolute Gasteiger partial charge is 0.497 e. The number of nitrogens with one attached hydrogen (secondary N) is 2. The first-order valence-corrected chi connectivity index (χ1v) is 11.6. The smallest absolute Gasteiger partial charge is 0.253 e. The number of methoxy groups -OCH3 is 2. The van der Waals surface area contributed by atoms with E-state index in [0.29, 0.717) is 5.75 Å². The number of nitrogens with zero attached hydrogens (tertiary/aromatic N) is 1. The summed E-state index contributed by atoms with van der Waals surface area (Å²) in [5, 5.41) is 5.48. The third kappa shape index (κ3) is 6.61. The second-order valence-electron chi connectivity index (χ2n) is 8.11. The lowest BCUT2D eigenvalue weighted by Gasteiger charge is -2.24. The van der Waals surface area contributed by atoms with Gasteiger partial charge in [-0.05, 0) is 45.0 Å². The van der Waals surface area contributed by atoms with E-state index in [4.69, 9.17) is 9.47 Å². The molecule has 2 aromatic rings. The fraction of sp³-hybridized carbons (Fsp3) is 0.364. The summed E-state index contributed by atoms with van der Waals surface area (Å²) in [6.07, 6.45) is 0.995. The van der Waals surface area contributed by atoms with Gasteiger partial charge in [0.25, 0.3) is 5.91 Å². The summed E-state index contributed by atoms with van der Waals surface area (Å²) in [7, 11) is -0.968. The summed E-state index contributed by atoms with van der Waals surface area (Å²) >= 11 is 0. The number of hydrogen-bond donors (Lipinski definition) is 2. The Morgan fingerprint density at radius 3 is 2.25 bits per heavy atom. The summed E-state index contributed by atoms with van der Waals surface area (Å²) < 4.78 is 36.3. The van der Waals surface area contributed by atoms with Gasteiger partial charge in [-0.1, -0.05) is 12.1 Å². The van der Waals surface area contributed by atoms with E-state index in [1.165, 1.54) is 26.4 Å². The molecule has 0 unspecified atom stereocenters. The number of para-hydroxylation sites is 1. The Labute approximate surface area is 188 Å². The fourth-order valence-electron chi connectivity index (χ4n) is 2.89. The number of ether oxygens (including phenoxy) is 2. The van der Waals surface area contributed by atoms with Gasteiger partial charge in [0.05, 0.1) is 37.4 Å².